The molecule has 2 rings (SSSR count). The summed E-state index contributed by atoms with van der Waals surface area (Å²) >= 11 is 3.17. The quantitative estimate of drug-likeness (QED) is 0.216. The lowest BCUT2D eigenvalue weighted by Crippen LogP contribution is -2.13. The molecule has 1 aromatic heterocycles. The van der Waals surface area contributed by atoms with E-state index in [4.69, 9.17) is 11.5 Å². The van der Waals surface area contributed by atoms with E-state index in [1.54, 1.807) is 12.2 Å². The SMILES string of the molecule is NC(=O)c1cnc(NC/C=C/CNc2c(Br)cc(C(N)=O)cc2[N+](=O)[O-])c([N+](=O)[O-])c1. The molecule has 0 unspecified atom stereocenters. The number of nitrogens with zero attached hydrogens (tertiary/aromatic N) is 3. The molecule has 0 saturated heterocycles. The van der Waals surface area contributed by atoms with Crippen molar-refractivity contribution in [1.29, 1.82) is 0 Å². The zero-order chi connectivity index (χ0) is 23.1. The van der Waals surface area contributed by atoms with Gasteiger partial charge in [-0.05, 0) is 22.0 Å². The second-order valence-corrected chi connectivity index (χ2v) is 6.77. The van der Waals surface area contributed by atoms with E-state index in [2.05, 4.69) is 31.5 Å². The van der Waals surface area contributed by atoms with Gasteiger partial charge in [-0.25, -0.2) is 4.98 Å². The number of carbonyl (C=O) groups excluding carboxylic acids is 2. The van der Waals surface area contributed by atoms with Crippen LogP contribution in [0.4, 0.5) is 22.9 Å². The molecule has 1 aromatic carbocycles. The maximum atomic E-state index is 11.3. The number of nitrogens with two attached hydrogens (primary N) is 2. The number of nitrogens with one attached hydrogen (secondary N) is 2. The molecular weight excluding hydrogens is 478 g/mol. The highest BCUT2D eigenvalue weighted by molar-refractivity contribution is 9.10. The third-order valence-electron chi connectivity index (χ3n) is 3.85. The van der Waals surface area contributed by atoms with Gasteiger partial charge >= 0.3 is 5.69 Å². The Morgan fingerprint density at radius 3 is 2.06 bits per heavy atom. The fourth-order valence-corrected chi connectivity index (χ4v) is 2.99. The number of nitro benzene ring substituents is 1. The van der Waals surface area contributed by atoms with E-state index in [-0.39, 0.29) is 45.9 Å². The molecule has 0 bridgehead atoms. The first-order chi connectivity index (χ1) is 14.6. The van der Waals surface area contributed by atoms with Gasteiger partial charge in [-0.3, -0.25) is 29.8 Å². The van der Waals surface area contributed by atoms with Crippen molar-refractivity contribution in [1.82, 2.24) is 4.98 Å². The average molecular weight is 494 g/mol. The molecule has 0 radical (unpaired) electrons. The number of pyridine rings is 1. The van der Waals surface area contributed by atoms with Gasteiger partial charge in [0.25, 0.3) is 11.6 Å². The summed E-state index contributed by atoms with van der Waals surface area (Å²) in [5.74, 6) is -1.68. The van der Waals surface area contributed by atoms with Gasteiger partial charge in [-0.15, -0.1) is 0 Å². The fraction of sp³-hybridized carbons (Fsp3) is 0.118. The summed E-state index contributed by atoms with van der Waals surface area (Å²) in [4.78, 5) is 47.3. The summed E-state index contributed by atoms with van der Waals surface area (Å²) < 4.78 is 0.288. The molecule has 31 heavy (non-hydrogen) atoms. The maximum Gasteiger partial charge on any atom is 0.312 e. The number of hydrogen-bond donors (Lipinski definition) is 4. The van der Waals surface area contributed by atoms with Crippen LogP contribution < -0.4 is 22.1 Å². The van der Waals surface area contributed by atoms with Gasteiger partial charge in [-0.1, -0.05) is 12.2 Å². The third kappa shape index (κ3) is 5.96. The minimum absolute atomic E-state index is 0.0136. The van der Waals surface area contributed by atoms with Crippen LogP contribution >= 0.6 is 15.9 Å². The number of amides is 2. The summed E-state index contributed by atoms with van der Waals surface area (Å²) in [7, 11) is 0. The number of carbonyl (C=O) groups is 2. The van der Waals surface area contributed by atoms with E-state index in [0.29, 0.717) is 0 Å². The number of halogens is 1. The first-order valence-corrected chi connectivity index (χ1v) is 9.25. The number of primary amides is 2. The highest BCUT2D eigenvalue weighted by atomic mass is 79.9. The van der Waals surface area contributed by atoms with Crippen LogP contribution in [0.1, 0.15) is 20.7 Å². The molecule has 2 aromatic rings. The lowest BCUT2D eigenvalue weighted by molar-refractivity contribution is -0.384. The van der Waals surface area contributed by atoms with Crippen molar-refractivity contribution in [2.24, 2.45) is 11.5 Å². The van der Waals surface area contributed by atoms with Gasteiger partial charge in [-0.2, -0.15) is 0 Å². The van der Waals surface area contributed by atoms with Crippen LogP contribution in [-0.4, -0.2) is 39.7 Å². The Bertz CT molecular complexity index is 1090. The summed E-state index contributed by atoms with van der Waals surface area (Å²) in [6.07, 6.45) is 4.35. The summed E-state index contributed by atoms with van der Waals surface area (Å²) in [6.45, 7) is 0.322. The second kappa shape index (κ2) is 10.1. The lowest BCUT2D eigenvalue weighted by atomic mass is 10.1. The zero-order valence-corrected chi connectivity index (χ0v) is 17.3. The lowest BCUT2D eigenvalue weighted by Gasteiger charge is -2.09. The molecule has 14 heteroatoms. The predicted molar refractivity (Wildman–Crippen MR) is 115 cm³/mol. The monoisotopic (exact) mass is 493 g/mol. The van der Waals surface area contributed by atoms with Crippen LogP contribution in [0.2, 0.25) is 0 Å². The van der Waals surface area contributed by atoms with Crippen LogP contribution in [0.15, 0.2) is 41.0 Å². The van der Waals surface area contributed by atoms with Crippen LogP contribution in [-0.2, 0) is 0 Å². The molecule has 13 nitrogen and oxygen atoms in total. The first-order valence-electron chi connectivity index (χ1n) is 8.46. The van der Waals surface area contributed by atoms with Gasteiger partial charge in [0.05, 0.1) is 15.4 Å². The van der Waals surface area contributed by atoms with Crippen molar-refractivity contribution in [2.45, 2.75) is 0 Å². The van der Waals surface area contributed by atoms with Crippen LogP contribution in [0.25, 0.3) is 0 Å². The Morgan fingerprint density at radius 2 is 1.52 bits per heavy atom. The normalized spacial score (nSPS) is 10.6. The van der Waals surface area contributed by atoms with E-state index in [1.807, 2.05) is 0 Å². The van der Waals surface area contributed by atoms with Gasteiger partial charge in [0.1, 0.15) is 5.69 Å². The van der Waals surface area contributed by atoms with Crippen LogP contribution in [0, 0.1) is 20.2 Å². The number of rotatable bonds is 10. The molecule has 0 aliphatic carbocycles. The predicted octanol–water partition coefficient (Wildman–Crippen LogP) is 1.94. The molecule has 6 N–H and O–H groups in total. The Hall–Kier alpha value is -4.07. The van der Waals surface area contributed by atoms with Crippen LogP contribution in [0.5, 0.6) is 0 Å². The number of hydrogen-bond acceptors (Lipinski definition) is 9. The average Bonchev–Trinajstić information content (AvgIpc) is 2.70. The van der Waals surface area contributed by atoms with E-state index >= 15 is 0 Å². The summed E-state index contributed by atoms with van der Waals surface area (Å²) in [6, 6.07) is 3.46. The van der Waals surface area contributed by atoms with Gasteiger partial charge in [0.15, 0.2) is 0 Å². The molecule has 2 amide bonds. The second-order valence-electron chi connectivity index (χ2n) is 5.92. The highest BCUT2D eigenvalue weighted by Gasteiger charge is 2.20. The topological polar surface area (TPSA) is 209 Å². The molecule has 1 heterocycles. The summed E-state index contributed by atoms with van der Waals surface area (Å²) in [5, 5.41) is 28.0. The largest absolute Gasteiger partial charge is 0.375 e. The van der Waals surface area contributed by atoms with Gasteiger partial charge in [0.2, 0.25) is 11.7 Å². The zero-order valence-electron chi connectivity index (χ0n) is 15.7. The molecule has 0 fully saturated rings. The number of nitro groups is 2. The Labute approximate surface area is 182 Å². The minimum Gasteiger partial charge on any atom is -0.375 e. The number of anilines is 2. The standard InChI is InChI=1S/C17H16BrN7O6/c18-11-5-9(15(19)26)6-12(24(28)29)14(11)21-3-1-2-4-22-17-13(25(30)31)7-10(8-23-17)16(20)27/h1-2,5-8,21H,3-4H2,(H2,19,26)(H2,20,27)(H,22,23)/b2-1+. The first kappa shape index (κ1) is 23.2. The van der Waals surface area contributed by atoms with Crippen molar-refractivity contribution in [3.63, 3.8) is 0 Å². The molecule has 0 spiro atoms. The minimum atomic E-state index is -0.836. The van der Waals surface area contributed by atoms with Crippen molar-refractivity contribution in [3.05, 3.63) is 72.4 Å². The third-order valence-corrected chi connectivity index (χ3v) is 4.48. The Balaban J connectivity index is 2.03. The van der Waals surface area contributed by atoms with Crippen molar-refractivity contribution in [2.75, 3.05) is 23.7 Å². The molecule has 162 valence electrons. The highest BCUT2D eigenvalue weighted by Crippen LogP contribution is 2.34. The summed E-state index contributed by atoms with van der Waals surface area (Å²) in [5.41, 5.74) is 9.58. The van der Waals surface area contributed by atoms with E-state index in [9.17, 15) is 29.8 Å². The van der Waals surface area contributed by atoms with E-state index < -0.39 is 27.3 Å². The molecule has 0 saturated carbocycles. The van der Waals surface area contributed by atoms with Crippen molar-refractivity contribution < 1.29 is 19.4 Å². The molecule has 0 aliphatic rings. The van der Waals surface area contributed by atoms with Crippen LogP contribution in [0.3, 0.4) is 0 Å². The molecular formula is C17H16BrN7O6. The maximum absolute atomic E-state index is 11.3. The number of aromatic nitrogens is 1. The van der Waals surface area contributed by atoms with Gasteiger partial charge in [0, 0.05) is 41.5 Å². The number of benzene rings is 1. The Kier molecular flexibility index (Phi) is 7.57. The smallest absolute Gasteiger partial charge is 0.312 e. The van der Waals surface area contributed by atoms with E-state index in [0.717, 1.165) is 18.3 Å². The van der Waals surface area contributed by atoms with Crippen molar-refractivity contribution >= 4 is 50.6 Å². The van der Waals surface area contributed by atoms with E-state index in [1.165, 1.54) is 6.07 Å². The van der Waals surface area contributed by atoms with Gasteiger partial charge < -0.3 is 22.1 Å². The molecule has 0 aliphatic heterocycles. The Morgan fingerprint density at radius 1 is 0.968 bits per heavy atom. The fourth-order valence-electron chi connectivity index (χ4n) is 2.40. The molecule has 0 atom stereocenters. The van der Waals surface area contributed by atoms with Crippen molar-refractivity contribution in [3.8, 4) is 0 Å².